The van der Waals surface area contributed by atoms with Crippen molar-refractivity contribution in [3.8, 4) is 5.75 Å². The lowest BCUT2D eigenvalue weighted by Gasteiger charge is -2.43. The first-order valence-electron chi connectivity index (χ1n) is 13.2. The molecule has 0 saturated carbocycles. The first-order valence-corrected chi connectivity index (χ1v) is 13.2. The number of ether oxygens (including phenoxy) is 1. The predicted octanol–water partition coefficient (Wildman–Crippen LogP) is 3.24. The van der Waals surface area contributed by atoms with E-state index in [1.807, 2.05) is 24.3 Å². The number of pyridine rings is 1. The molecule has 2 aliphatic heterocycles. The van der Waals surface area contributed by atoms with Gasteiger partial charge in [0.05, 0.1) is 24.1 Å². The Morgan fingerprint density at radius 1 is 1.20 bits per heavy atom. The topological polar surface area (TPSA) is 127 Å². The quantitative estimate of drug-likeness (QED) is 0.454. The second kappa shape index (κ2) is 9.41. The van der Waals surface area contributed by atoms with Gasteiger partial charge in [0.2, 0.25) is 17.7 Å². The van der Waals surface area contributed by atoms with Gasteiger partial charge in [-0.3, -0.25) is 14.4 Å². The maximum atomic E-state index is 14.2. The van der Waals surface area contributed by atoms with Crippen molar-refractivity contribution < 1.29 is 23.5 Å². The van der Waals surface area contributed by atoms with Gasteiger partial charge in [0.1, 0.15) is 23.9 Å². The Morgan fingerprint density at radius 3 is 2.80 bits per heavy atom. The number of hydrogen-bond acceptors (Lipinski definition) is 6. The van der Waals surface area contributed by atoms with Crippen LogP contribution in [0.5, 0.6) is 5.75 Å². The minimum absolute atomic E-state index is 0.0738. The SMILES string of the molecule is COc1ccc(F)cc1C1CCC(C)(N)C(=O)N1CC(=O)Nc1ccc2c(c1)CC1(C2)C(=O)Nc2ncccc21. The minimum atomic E-state index is -1.15. The summed E-state index contributed by atoms with van der Waals surface area (Å²) in [6.45, 7) is 1.38. The number of halogens is 1. The van der Waals surface area contributed by atoms with Crippen LogP contribution in [0.2, 0.25) is 0 Å². The number of hydrogen-bond donors (Lipinski definition) is 3. The summed E-state index contributed by atoms with van der Waals surface area (Å²) in [5.41, 5.74) is 8.36. The lowest BCUT2D eigenvalue weighted by atomic mass is 9.79. The van der Waals surface area contributed by atoms with Gasteiger partial charge in [-0.1, -0.05) is 12.1 Å². The summed E-state index contributed by atoms with van der Waals surface area (Å²) in [5, 5.41) is 5.79. The number of nitrogens with two attached hydrogens (primary N) is 1. The molecule has 9 nitrogen and oxygen atoms in total. The van der Waals surface area contributed by atoms with Crippen molar-refractivity contribution in [2.75, 3.05) is 24.3 Å². The van der Waals surface area contributed by atoms with Crippen molar-refractivity contribution in [3.63, 3.8) is 0 Å². The van der Waals surface area contributed by atoms with Gasteiger partial charge >= 0.3 is 0 Å². The fourth-order valence-corrected chi connectivity index (χ4v) is 6.34. The van der Waals surface area contributed by atoms with Crippen molar-refractivity contribution in [3.05, 3.63) is 82.8 Å². The van der Waals surface area contributed by atoms with Crippen LogP contribution in [0.1, 0.15) is 48.1 Å². The molecule has 0 radical (unpaired) electrons. The Bertz CT molecular complexity index is 1560. The number of piperidine rings is 1. The number of carbonyl (C=O) groups is 3. The van der Waals surface area contributed by atoms with E-state index in [0.717, 1.165) is 16.7 Å². The molecule has 3 heterocycles. The van der Waals surface area contributed by atoms with Gasteiger partial charge in [-0.05, 0) is 80.1 Å². The molecule has 0 bridgehead atoms. The summed E-state index contributed by atoms with van der Waals surface area (Å²) >= 11 is 0. The molecule has 2 aromatic carbocycles. The molecule has 40 heavy (non-hydrogen) atoms. The predicted molar refractivity (Wildman–Crippen MR) is 146 cm³/mol. The third kappa shape index (κ3) is 4.19. The summed E-state index contributed by atoms with van der Waals surface area (Å²) in [7, 11) is 1.48. The van der Waals surface area contributed by atoms with E-state index in [-0.39, 0.29) is 18.4 Å². The number of nitrogens with zero attached hydrogens (tertiary/aromatic N) is 2. The zero-order valence-corrected chi connectivity index (χ0v) is 22.3. The fraction of sp³-hybridized carbons (Fsp3) is 0.333. The van der Waals surface area contributed by atoms with E-state index in [4.69, 9.17) is 10.5 Å². The number of anilines is 2. The lowest BCUT2D eigenvalue weighted by molar-refractivity contribution is -0.145. The maximum Gasteiger partial charge on any atom is 0.244 e. The molecule has 1 aliphatic carbocycles. The van der Waals surface area contributed by atoms with Crippen LogP contribution in [0.25, 0.3) is 0 Å². The largest absolute Gasteiger partial charge is 0.496 e. The smallest absolute Gasteiger partial charge is 0.244 e. The number of rotatable bonds is 5. The number of carbonyl (C=O) groups excluding carboxylic acids is 3. The Hall–Kier alpha value is -4.31. The number of amides is 3. The lowest BCUT2D eigenvalue weighted by Crippen LogP contribution is -2.59. The van der Waals surface area contributed by atoms with E-state index < -0.39 is 28.7 Å². The van der Waals surface area contributed by atoms with E-state index in [1.165, 1.54) is 30.2 Å². The molecule has 3 atom stereocenters. The molecule has 10 heteroatoms. The molecule has 3 aliphatic rings. The van der Waals surface area contributed by atoms with Crippen LogP contribution in [0.15, 0.2) is 54.7 Å². The van der Waals surface area contributed by atoms with Crippen molar-refractivity contribution in [2.24, 2.45) is 5.73 Å². The van der Waals surface area contributed by atoms with Gasteiger partial charge in [0.15, 0.2) is 0 Å². The second-order valence-electron chi connectivity index (χ2n) is 11.1. The van der Waals surface area contributed by atoms with E-state index >= 15 is 0 Å². The Labute approximate surface area is 230 Å². The number of benzene rings is 2. The van der Waals surface area contributed by atoms with Gasteiger partial charge < -0.3 is 26.0 Å². The molecule has 3 aromatic rings. The van der Waals surface area contributed by atoms with E-state index in [1.54, 1.807) is 19.2 Å². The van der Waals surface area contributed by atoms with E-state index in [0.29, 0.717) is 48.5 Å². The highest BCUT2D eigenvalue weighted by atomic mass is 19.1. The highest BCUT2D eigenvalue weighted by Gasteiger charge is 2.51. The van der Waals surface area contributed by atoms with Crippen LogP contribution < -0.4 is 21.1 Å². The fourth-order valence-electron chi connectivity index (χ4n) is 6.34. The molecule has 6 rings (SSSR count). The van der Waals surface area contributed by atoms with E-state index in [9.17, 15) is 18.8 Å². The van der Waals surface area contributed by atoms with Crippen LogP contribution >= 0.6 is 0 Å². The van der Waals surface area contributed by atoms with Crippen LogP contribution in [-0.4, -0.2) is 46.8 Å². The average Bonchev–Trinajstić information content (AvgIpc) is 3.44. The highest BCUT2D eigenvalue weighted by molar-refractivity contribution is 6.06. The summed E-state index contributed by atoms with van der Waals surface area (Å²) < 4.78 is 19.6. The number of fused-ring (bicyclic) bond motifs is 3. The molecule has 206 valence electrons. The zero-order valence-electron chi connectivity index (χ0n) is 22.3. The molecular weight excluding hydrogens is 513 g/mol. The average molecular weight is 544 g/mol. The molecule has 1 saturated heterocycles. The highest BCUT2D eigenvalue weighted by Crippen LogP contribution is 2.47. The number of methoxy groups -OCH3 is 1. The van der Waals surface area contributed by atoms with Crippen molar-refractivity contribution in [2.45, 2.75) is 49.6 Å². The summed E-state index contributed by atoms with van der Waals surface area (Å²) in [4.78, 5) is 45.4. The van der Waals surface area contributed by atoms with Crippen molar-refractivity contribution >= 4 is 29.2 Å². The summed E-state index contributed by atoms with van der Waals surface area (Å²) in [6, 6.07) is 12.9. The van der Waals surface area contributed by atoms with Gasteiger partial charge in [-0.25, -0.2) is 9.37 Å². The maximum absolute atomic E-state index is 14.2. The summed E-state index contributed by atoms with van der Waals surface area (Å²) in [5.74, 6) is -0.302. The monoisotopic (exact) mass is 543 g/mol. The van der Waals surface area contributed by atoms with Crippen LogP contribution in [-0.2, 0) is 32.6 Å². The Morgan fingerprint density at radius 2 is 2.00 bits per heavy atom. The molecule has 1 fully saturated rings. The van der Waals surface area contributed by atoms with Gasteiger partial charge in [-0.15, -0.1) is 0 Å². The molecule has 4 N–H and O–H groups in total. The minimum Gasteiger partial charge on any atom is -0.496 e. The van der Waals surface area contributed by atoms with Crippen molar-refractivity contribution in [1.82, 2.24) is 9.88 Å². The summed E-state index contributed by atoms with van der Waals surface area (Å²) in [6.07, 6.45) is 3.53. The molecule has 3 unspecified atom stereocenters. The van der Waals surface area contributed by atoms with E-state index in [2.05, 4.69) is 15.6 Å². The molecular formula is C30H30FN5O4. The third-order valence-electron chi connectivity index (χ3n) is 8.39. The zero-order chi connectivity index (χ0) is 28.2. The van der Waals surface area contributed by atoms with Gasteiger partial charge in [0.25, 0.3) is 0 Å². The van der Waals surface area contributed by atoms with Crippen molar-refractivity contribution in [1.29, 1.82) is 0 Å². The molecule has 3 amide bonds. The molecule has 1 aromatic heterocycles. The van der Waals surface area contributed by atoms with Crippen LogP contribution in [0.3, 0.4) is 0 Å². The number of aromatic nitrogens is 1. The Kier molecular flexibility index (Phi) is 6.10. The van der Waals surface area contributed by atoms with Crippen LogP contribution in [0.4, 0.5) is 15.9 Å². The van der Waals surface area contributed by atoms with Gasteiger partial charge in [0, 0.05) is 23.0 Å². The number of nitrogens with one attached hydrogen (secondary N) is 2. The first kappa shape index (κ1) is 25.9. The standard InChI is InChI=1S/C30H30FN5O4/c1-29(32)10-9-23(21-13-19(31)6-8-24(21)40-2)36(28(29)39)16-25(37)34-20-7-5-17-14-30(15-18(17)12-20)22-4-3-11-33-26(22)35-27(30)38/h3-8,11-13,23H,9-10,14-16,32H2,1-2H3,(H,34,37)(H,33,35,38). The Balaban J connectivity index is 1.23. The second-order valence-corrected chi connectivity index (χ2v) is 11.1. The van der Waals surface area contributed by atoms with Gasteiger partial charge in [-0.2, -0.15) is 0 Å². The first-order chi connectivity index (χ1) is 19.1. The third-order valence-corrected chi connectivity index (χ3v) is 8.39. The number of likely N-dealkylation sites (tertiary alicyclic amines) is 1. The molecule has 1 spiro atoms. The van der Waals surface area contributed by atoms with Crippen LogP contribution in [0, 0.1) is 5.82 Å². The normalized spacial score (nSPS) is 25.0.